The van der Waals surface area contributed by atoms with Gasteiger partial charge in [-0.05, 0) is 50.7 Å². The van der Waals surface area contributed by atoms with Crippen molar-refractivity contribution in [2.75, 3.05) is 26.0 Å². The number of carbonyl (C=O) groups is 1. The molecule has 0 fully saturated rings. The van der Waals surface area contributed by atoms with Gasteiger partial charge in [-0.25, -0.2) is 4.98 Å². The number of rotatable bonds is 10. The average Bonchev–Trinajstić information content (AvgIpc) is 2.75. The Morgan fingerprint density at radius 3 is 2.97 bits per heavy atom. The van der Waals surface area contributed by atoms with E-state index in [4.69, 9.17) is 4.74 Å². The number of nitrogens with zero attached hydrogens (tertiary/aromatic N) is 2. The molecule has 1 aliphatic rings. The van der Waals surface area contributed by atoms with Gasteiger partial charge in [0.15, 0.2) is 5.16 Å². The van der Waals surface area contributed by atoms with Crippen molar-refractivity contribution in [1.29, 1.82) is 0 Å². The number of carbonyl (C=O) groups excluding carboxylic acids is 1. The molecular weight excluding hydrogens is 386 g/mol. The van der Waals surface area contributed by atoms with Crippen LogP contribution >= 0.6 is 11.8 Å². The molecule has 29 heavy (non-hydrogen) atoms. The maximum atomic E-state index is 12.9. The molecule has 6 nitrogen and oxygen atoms in total. The molecule has 1 aromatic carbocycles. The minimum absolute atomic E-state index is 0.0303. The highest BCUT2D eigenvalue weighted by Gasteiger charge is 2.13. The number of fused-ring (bicyclic) bond motifs is 1. The van der Waals surface area contributed by atoms with E-state index in [0.717, 1.165) is 19.3 Å². The van der Waals surface area contributed by atoms with E-state index >= 15 is 0 Å². The van der Waals surface area contributed by atoms with E-state index in [1.165, 1.54) is 30.2 Å². The molecule has 0 radical (unpaired) electrons. The lowest BCUT2D eigenvalue weighted by molar-refractivity contribution is -0.118. The van der Waals surface area contributed by atoms with Crippen LogP contribution in [-0.4, -0.2) is 41.5 Å². The number of thioether (sulfide) groups is 1. The van der Waals surface area contributed by atoms with E-state index < -0.39 is 0 Å². The number of amides is 1. The van der Waals surface area contributed by atoms with Crippen LogP contribution in [0.25, 0.3) is 10.9 Å². The minimum atomic E-state index is -0.0705. The smallest absolute Gasteiger partial charge is 0.262 e. The maximum absolute atomic E-state index is 12.9. The Labute approximate surface area is 175 Å². The van der Waals surface area contributed by atoms with Gasteiger partial charge in [0.05, 0.1) is 16.7 Å². The molecule has 0 aliphatic heterocycles. The average molecular weight is 416 g/mol. The number of methoxy groups -OCH3 is 1. The predicted molar refractivity (Wildman–Crippen MR) is 117 cm³/mol. The van der Waals surface area contributed by atoms with Crippen molar-refractivity contribution < 1.29 is 9.53 Å². The van der Waals surface area contributed by atoms with Crippen molar-refractivity contribution in [3.8, 4) is 0 Å². The van der Waals surface area contributed by atoms with E-state index in [-0.39, 0.29) is 17.2 Å². The Bertz CT molecular complexity index is 923. The van der Waals surface area contributed by atoms with Gasteiger partial charge >= 0.3 is 0 Å². The fraction of sp³-hybridized carbons (Fsp3) is 0.500. The summed E-state index contributed by atoms with van der Waals surface area (Å²) in [6.07, 6.45) is 8.79. The molecule has 1 amide bonds. The standard InChI is InChI=1S/C22H29N3O3S/c1-28-15-7-14-25-21(27)18-10-5-6-11-19(18)24-22(25)29-16-20(26)23-13-12-17-8-3-2-4-9-17/h5-6,8,10-11H,2-4,7,9,12-16H2,1H3,(H,23,26). The van der Waals surface area contributed by atoms with Crippen LogP contribution in [0.5, 0.6) is 0 Å². The number of nitrogens with one attached hydrogen (secondary N) is 1. The molecule has 1 N–H and O–H groups in total. The Morgan fingerprint density at radius 1 is 1.31 bits per heavy atom. The first-order valence-electron chi connectivity index (χ1n) is 10.2. The number of hydrogen-bond donors (Lipinski definition) is 1. The van der Waals surface area contributed by atoms with E-state index in [1.54, 1.807) is 17.7 Å². The lowest BCUT2D eigenvalue weighted by Crippen LogP contribution is -2.28. The van der Waals surface area contributed by atoms with Gasteiger partial charge in [0, 0.05) is 26.8 Å². The topological polar surface area (TPSA) is 73.2 Å². The zero-order valence-corrected chi connectivity index (χ0v) is 17.8. The van der Waals surface area contributed by atoms with Crippen LogP contribution in [0.4, 0.5) is 0 Å². The van der Waals surface area contributed by atoms with Crippen molar-refractivity contribution in [2.45, 2.75) is 50.2 Å². The van der Waals surface area contributed by atoms with Crippen molar-refractivity contribution in [3.63, 3.8) is 0 Å². The van der Waals surface area contributed by atoms with Crippen molar-refractivity contribution in [1.82, 2.24) is 14.9 Å². The SMILES string of the molecule is COCCCn1c(SCC(=O)NCCC2=CCCCC2)nc2ccccc2c1=O. The normalized spacial score (nSPS) is 14.0. The van der Waals surface area contributed by atoms with Crippen molar-refractivity contribution >= 4 is 28.6 Å². The highest BCUT2D eigenvalue weighted by atomic mass is 32.2. The summed E-state index contributed by atoms with van der Waals surface area (Å²) in [7, 11) is 1.64. The summed E-state index contributed by atoms with van der Waals surface area (Å²) in [5.74, 6) is 0.214. The fourth-order valence-corrected chi connectivity index (χ4v) is 4.35. The van der Waals surface area contributed by atoms with Crippen LogP contribution in [0, 0.1) is 0 Å². The summed E-state index contributed by atoms with van der Waals surface area (Å²) >= 11 is 1.31. The van der Waals surface area contributed by atoms with Gasteiger partial charge < -0.3 is 10.1 Å². The monoisotopic (exact) mass is 415 g/mol. The number of para-hydroxylation sites is 1. The van der Waals surface area contributed by atoms with Gasteiger partial charge in [-0.1, -0.05) is 35.5 Å². The summed E-state index contributed by atoms with van der Waals surface area (Å²) in [4.78, 5) is 29.8. The Hall–Kier alpha value is -2.12. The molecule has 7 heteroatoms. The molecular formula is C22H29N3O3S. The summed E-state index contributed by atoms with van der Waals surface area (Å²) in [5, 5.41) is 4.16. The first kappa shape index (κ1) is 21.6. The third-order valence-electron chi connectivity index (χ3n) is 5.04. The van der Waals surface area contributed by atoms with Crippen LogP contribution in [0.15, 0.2) is 45.9 Å². The Balaban J connectivity index is 1.63. The summed E-state index contributed by atoms with van der Waals surface area (Å²) in [6, 6.07) is 7.33. The highest BCUT2D eigenvalue weighted by Crippen LogP contribution is 2.20. The van der Waals surface area contributed by atoms with Crippen molar-refractivity contribution in [2.24, 2.45) is 0 Å². The van der Waals surface area contributed by atoms with Crippen molar-refractivity contribution in [3.05, 3.63) is 46.3 Å². The summed E-state index contributed by atoms with van der Waals surface area (Å²) in [5.41, 5.74) is 2.04. The molecule has 1 heterocycles. The number of allylic oxidation sites excluding steroid dienone is 1. The predicted octanol–water partition coefficient (Wildman–Crippen LogP) is 3.53. The molecule has 3 rings (SSSR count). The van der Waals surface area contributed by atoms with Gasteiger partial charge in [0.2, 0.25) is 5.91 Å². The van der Waals surface area contributed by atoms with Gasteiger partial charge in [-0.2, -0.15) is 0 Å². The zero-order valence-electron chi connectivity index (χ0n) is 17.0. The minimum Gasteiger partial charge on any atom is -0.385 e. The zero-order chi connectivity index (χ0) is 20.5. The molecule has 0 unspecified atom stereocenters. The maximum Gasteiger partial charge on any atom is 0.262 e. The largest absolute Gasteiger partial charge is 0.385 e. The molecule has 1 aromatic heterocycles. The second-order valence-corrected chi connectivity index (χ2v) is 8.15. The molecule has 156 valence electrons. The molecule has 0 atom stereocenters. The van der Waals surface area contributed by atoms with Gasteiger partial charge in [-0.15, -0.1) is 0 Å². The molecule has 0 bridgehead atoms. The lowest BCUT2D eigenvalue weighted by Gasteiger charge is -2.14. The molecule has 0 saturated carbocycles. The van der Waals surface area contributed by atoms with Gasteiger partial charge in [0.1, 0.15) is 0 Å². The summed E-state index contributed by atoms with van der Waals surface area (Å²) in [6.45, 7) is 1.75. The van der Waals surface area contributed by atoms with E-state index in [2.05, 4.69) is 16.4 Å². The second-order valence-electron chi connectivity index (χ2n) is 7.21. The first-order valence-corrected chi connectivity index (χ1v) is 11.2. The van der Waals surface area contributed by atoms with Crippen LogP contribution in [0.3, 0.4) is 0 Å². The fourth-order valence-electron chi connectivity index (χ4n) is 3.50. The second kappa shape index (κ2) is 11.2. The van der Waals surface area contributed by atoms with Crippen LogP contribution in [-0.2, 0) is 16.1 Å². The molecule has 0 spiro atoms. The Morgan fingerprint density at radius 2 is 2.17 bits per heavy atom. The number of hydrogen-bond acceptors (Lipinski definition) is 5. The Kier molecular flexibility index (Phi) is 8.31. The lowest BCUT2D eigenvalue weighted by atomic mass is 9.97. The number of ether oxygens (including phenoxy) is 1. The summed E-state index contributed by atoms with van der Waals surface area (Å²) < 4.78 is 6.77. The van der Waals surface area contributed by atoms with Gasteiger partial charge in [0.25, 0.3) is 5.56 Å². The van der Waals surface area contributed by atoms with E-state index in [9.17, 15) is 9.59 Å². The highest BCUT2D eigenvalue weighted by molar-refractivity contribution is 7.99. The third kappa shape index (κ3) is 6.18. The molecule has 2 aromatic rings. The van der Waals surface area contributed by atoms with E-state index in [1.807, 2.05) is 18.2 Å². The van der Waals surface area contributed by atoms with Crippen LogP contribution in [0.2, 0.25) is 0 Å². The molecule has 0 saturated heterocycles. The first-order chi connectivity index (χ1) is 14.2. The van der Waals surface area contributed by atoms with Gasteiger partial charge in [-0.3, -0.25) is 14.2 Å². The van der Waals surface area contributed by atoms with E-state index in [0.29, 0.717) is 42.2 Å². The quantitative estimate of drug-likeness (QED) is 0.278. The molecule has 1 aliphatic carbocycles. The third-order valence-corrected chi connectivity index (χ3v) is 6.02. The number of benzene rings is 1. The number of aromatic nitrogens is 2. The van der Waals surface area contributed by atoms with Crippen LogP contribution < -0.4 is 10.9 Å². The van der Waals surface area contributed by atoms with Crippen LogP contribution in [0.1, 0.15) is 38.5 Å².